The topological polar surface area (TPSA) is 113 Å². The Morgan fingerprint density at radius 3 is 3.00 bits per heavy atom. The van der Waals surface area contributed by atoms with Gasteiger partial charge in [-0.1, -0.05) is 0 Å². The molecule has 20 heavy (non-hydrogen) atoms. The quantitative estimate of drug-likeness (QED) is 0.673. The summed E-state index contributed by atoms with van der Waals surface area (Å²) in [6, 6.07) is 0. The van der Waals surface area contributed by atoms with Crippen molar-refractivity contribution in [3.63, 3.8) is 0 Å². The lowest BCUT2D eigenvalue weighted by molar-refractivity contribution is -0.0288. The van der Waals surface area contributed by atoms with Crippen molar-refractivity contribution >= 4 is 22.9 Å². The van der Waals surface area contributed by atoms with Gasteiger partial charge in [-0.25, -0.2) is 9.97 Å². The van der Waals surface area contributed by atoms with Crippen LogP contribution in [0.4, 0.5) is 0 Å². The Hall–Kier alpha value is -1.42. The number of aliphatic hydroxyl groups is 2. The molecule has 1 saturated heterocycles. The fourth-order valence-electron chi connectivity index (χ4n) is 2.31. The molecular formula is C11H14N4O4S. The normalized spacial score (nSPS) is 30.1. The molecule has 1 fully saturated rings. The zero-order valence-corrected chi connectivity index (χ0v) is 11.4. The van der Waals surface area contributed by atoms with E-state index in [0.29, 0.717) is 11.4 Å². The first-order valence-electron chi connectivity index (χ1n) is 6.04. The molecule has 108 valence electrons. The Labute approximate surface area is 117 Å². The maximum absolute atomic E-state index is 11.6. The molecular weight excluding hydrogens is 284 g/mol. The van der Waals surface area contributed by atoms with Gasteiger partial charge in [0, 0.05) is 5.75 Å². The van der Waals surface area contributed by atoms with Crippen LogP contribution in [0.1, 0.15) is 6.23 Å². The van der Waals surface area contributed by atoms with E-state index in [4.69, 9.17) is 4.74 Å². The summed E-state index contributed by atoms with van der Waals surface area (Å²) >= 11 is 1.52. The molecule has 0 spiro atoms. The van der Waals surface area contributed by atoms with Crippen LogP contribution in [0.25, 0.3) is 11.2 Å². The van der Waals surface area contributed by atoms with Crippen molar-refractivity contribution in [1.29, 1.82) is 0 Å². The average molecular weight is 298 g/mol. The van der Waals surface area contributed by atoms with Crippen molar-refractivity contribution in [3.05, 3.63) is 23.0 Å². The van der Waals surface area contributed by atoms with E-state index >= 15 is 0 Å². The number of hydrogen-bond acceptors (Lipinski definition) is 7. The van der Waals surface area contributed by atoms with Gasteiger partial charge in [-0.15, -0.1) is 0 Å². The molecule has 3 heterocycles. The molecule has 0 saturated carbocycles. The van der Waals surface area contributed by atoms with Crippen molar-refractivity contribution in [1.82, 2.24) is 19.5 Å². The number of H-pyrrole nitrogens is 1. The zero-order valence-electron chi connectivity index (χ0n) is 10.6. The van der Waals surface area contributed by atoms with Crippen molar-refractivity contribution in [2.75, 3.05) is 12.0 Å². The maximum atomic E-state index is 11.6. The molecule has 3 N–H and O–H groups in total. The molecule has 0 amide bonds. The van der Waals surface area contributed by atoms with Gasteiger partial charge in [0.05, 0.1) is 18.8 Å². The molecule has 0 aliphatic carbocycles. The fourth-order valence-corrected chi connectivity index (χ4v) is 2.91. The van der Waals surface area contributed by atoms with Gasteiger partial charge in [0.1, 0.15) is 12.2 Å². The molecule has 9 heteroatoms. The van der Waals surface area contributed by atoms with Gasteiger partial charge >= 0.3 is 0 Å². The first kappa shape index (κ1) is 13.6. The lowest BCUT2D eigenvalue weighted by atomic mass is 10.1. The molecule has 4 atom stereocenters. The predicted molar refractivity (Wildman–Crippen MR) is 72.5 cm³/mol. The summed E-state index contributed by atoms with van der Waals surface area (Å²) in [4.78, 5) is 22.0. The second-order valence-electron chi connectivity index (χ2n) is 4.56. The monoisotopic (exact) mass is 298 g/mol. The van der Waals surface area contributed by atoms with E-state index < -0.39 is 24.5 Å². The standard InChI is InChI=1S/C11H14N4O4S/c1-20-2-5-7(16)8(17)11(19-5)15-4-14-6-9(15)12-3-13-10(6)18/h3-5,7-8,11,16-17H,2H2,1H3,(H,12,13,18)/t5-,7-,8+,11-/m1/s1. The highest BCUT2D eigenvalue weighted by Crippen LogP contribution is 2.31. The van der Waals surface area contributed by atoms with Crippen molar-refractivity contribution in [3.8, 4) is 0 Å². The van der Waals surface area contributed by atoms with Gasteiger partial charge in [0.15, 0.2) is 17.4 Å². The highest BCUT2D eigenvalue weighted by molar-refractivity contribution is 7.98. The molecule has 0 radical (unpaired) electrons. The third-order valence-electron chi connectivity index (χ3n) is 3.31. The number of aliphatic hydroxyl groups excluding tert-OH is 2. The number of aromatic nitrogens is 4. The van der Waals surface area contributed by atoms with E-state index in [0.717, 1.165) is 0 Å². The molecule has 1 aliphatic rings. The summed E-state index contributed by atoms with van der Waals surface area (Å²) < 4.78 is 7.14. The third-order valence-corrected chi connectivity index (χ3v) is 3.97. The van der Waals surface area contributed by atoms with Crippen LogP contribution in [0.5, 0.6) is 0 Å². The number of nitrogens with one attached hydrogen (secondary N) is 1. The van der Waals surface area contributed by atoms with Crippen LogP contribution >= 0.6 is 11.8 Å². The van der Waals surface area contributed by atoms with Crippen molar-refractivity contribution < 1.29 is 14.9 Å². The summed E-state index contributed by atoms with van der Waals surface area (Å²) in [5.41, 5.74) is 0.128. The number of thioether (sulfide) groups is 1. The fraction of sp³-hybridized carbons (Fsp3) is 0.545. The summed E-state index contributed by atoms with van der Waals surface area (Å²) in [5, 5.41) is 20.1. The largest absolute Gasteiger partial charge is 0.387 e. The highest BCUT2D eigenvalue weighted by Gasteiger charge is 2.43. The third kappa shape index (κ3) is 2.03. The number of imidazole rings is 1. The number of aromatic amines is 1. The van der Waals surface area contributed by atoms with Crippen LogP contribution in [0.2, 0.25) is 0 Å². The Balaban J connectivity index is 1.99. The lowest BCUT2D eigenvalue weighted by Crippen LogP contribution is -2.32. The Bertz CT molecular complexity index is 672. The molecule has 8 nitrogen and oxygen atoms in total. The number of hydrogen-bond donors (Lipinski definition) is 3. The highest BCUT2D eigenvalue weighted by atomic mass is 32.2. The SMILES string of the molecule is CSC[C@H]1O[C@@H](n2cnc3c(=O)[nH]cnc32)[C@@H](O)[C@@H]1O. The second-order valence-corrected chi connectivity index (χ2v) is 5.47. The van der Waals surface area contributed by atoms with Gasteiger partial charge in [0.25, 0.3) is 5.56 Å². The van der Waals surface area contributed by atoms with Crippen LogP contribution in [0, 0.1) is 0 Å². The number of nitrogens with zero attached hydrogens (tertiary/aromatic N) is 3. The minimum Gasteiger partial charge on any atom is -0.387 e. The minimum atomic E-state index is -1.09. The Kier molecular flexibility index (Phi) is 3.50. The first-order valence-corrected chi connectivity index (χ1v) is 7.43. The molecule has 0 bridgehead atoms. The minimum absolute atomic E-state index is 0.172. The van der Waals surface area contributed by atoms with E-state index in [-0.39, 0.29) is 11.1 Å². The summed E-state index contributed by atoms with van der Waals surface area (Å²) in [5.74, 6) is 0.565. The first-order chi connectivity index (χ1) is 9.63. The number of fused-ring (bicyclic) bond motifs is 1. The van der Waals surface area contributed by atoms with Crippen molar-refractivity contribution in [2.45, 2.75) is 24.5 Å². The number of ether oxygens (including phenoxy) is 1. The van der Waals surface area contributed by atoms with Crippen LogP contribution in [0.15, 0.2) is 17.4 Å². The maximum Gasteiger partial charge on any atom is 0.278 e. The molecule has 1 aliphatic heterocycles. The van der Waals surface area contributed by atoms with Crippen LogP contribution in [-0.4, -0.2) is 60.1 Å². The Morgan fingerprint density at radius 2 is 2.25 bits per heavy atom. The van der Waals surface area contributed by atoms with Crippen LogP contribution in [-0.2, 0) is 4.74 Å². The average Bonchev–Trinajstić information content (AvgIpc) is 2.97. The van der Waals surface area contributed by atoms with E-state index in [1.165, 1.54) is 29.0 Å². The molecule has 2 aromatic heterocycles. The van der Waals surface area contributed by atoms with E-state index in [2.05, 4.69) is 15.0 Å². The predicted octanol–water partition coefficient (Wildman–Crippen LogP) is -0.898. The molecule has 0 aromatic carbocycles. The Morgan fingerprint density at radius 1 is 1.45 bits per heavy atom. The smallest absolute Gasteiger partial charge is 0.278 e. The van der Waals surface area contributed by atoms with Gasteiger partial charge in [0.2, 0.25) is 0 Å². The van der Waals surface area contributed by atoms with E-state index in [9.17, 15) is 15.0 Å². The summed E-state index contributed by atoms with van der Waals surface area (Å²) in [6.45, 7) is 0. The molecule has 0 unspecified atom stereocenters. The second kappa shape index (κ2) is 5.17. The van der Waals surface area contributed by atoms with Gasteiger partial charge in [-0.05, 0) is 6.26 Å². The molecule has 3 rings (SSSR count). The van der Waals surface area contributed by atoms with Gasteiger partial charge in [-0.2, -0.15) is 11.8 Å². The van der Waals surface area contributed by atoms with Crippen LogP contribution in [0.3, 0.4) is 0 Å². The number of rotatable bonds is 3. The lowest BCUT2D eigenvalue weighted by Gasteiger charge is -2.16. The van der Waals surface area contributed by atoms with Gasteiger partial charge < -0.3 is 19.9 Å². The molecule has 2 aromatic rings. The van der Waals surface area contributed by atoms with Crippen molar-refractivity contribution in [2.24, 2.45) is 0 Å². The summed E-state index contributed by atoms with van der Waals surface area (Å²) in [7, 11) is 0. The van der Waals surface area contributed by atoms with E-state index in [1.807, 2.05) is 6.26 Å². The van der Waals surface area contributed by atoms with Crippen LogP contribution < -0.4 is 5.56 Å². The van der Waals surface area contributed by atoms with Gasteiger partial charge in [-0.3, -0.25) is 9.36 Å². The van der Waals surface area contributed by atoms with E-state index in [1.54, 1.807) is 0 Å². The zero-order chi connectivity index (χ0) is 14.3. The summed E-state index contributed by atoms with van der Waals surface area (Å²) in [6.07, 6.45) is 1.20.